The number of nitrogens with one attached hydrogen (secondary N) is 1. The van der Waals surface area contributed by atoms with Crippen molar-refractivity contribution in [3.63, 3.8) is 0 Å². The van der Waals surface area contributed by atoms with E-state index in [-0.39, 0.29) is 28.2 Å². The van der Waals surface area contributed by atoms with Gasteiger partial charge in [-0.05, 0) is 24.3 Å². The Hall–Kier alpha value is -3.11. The van der Waals surface area contributed by atoms with Gasteiger partial charge < -0.3 is 5.32 Å². The van der Waals surface area contributed by atoms with E-state index >= 15 is 0 Å². The van der Waals surface area contributed by atoms with Crippen LogP contribution in [0.1, 0.15) is 12.6 Å². The molecule has 1 aromatic heterocycles. The molecule has 158 valence electrons. The van der Waals surface area contributed by atoms with Crippen molar-refractivity contribution in [2.45, 2.75) is 28.6 Å². The van der Waals surface area contributed by atoms with Crippen molar-refractivity contribution in [3.05, 3.63) is 80.8 Å². The average molecular weight is 455 g/mol. The summed E-state index contributed by atoms with van der Waals surface area (Å²) in [6.45, 7) is 2.06. The van der Waals surface area contributed by atoms with Gasteiger partial charge in [-0.2, -0.15) is 0 Å². The molecule has 10 heteroatoms. The van der Waals surface area contributed by atoms with E-state index < -0.39 is 4.92 Å². The number of hydrogen-bond acceptors (Lipinski definition) is 7. The van der Waals surface area contributed by atoms with Crippen LogP contribution in [0.4, 0.5) is 11.4 Å². The topological polar surface area (TPSA) is 107 Å². The van der Waals surface area contributed by atoms with Crippen molar-refractivity contribution < 1.29 is 9.72 Å². The van der Waals surface area contributed by atoms with Crippen molar-refractivity contribution in [2.75, 3.05) is 11.1 Å². The lowest BCUT2D eigenvalue weighted by Crippen LogP contribution is -2.24. The summed E-state index contributed by atoms with van der Waals surface area (Å²) >= 11 is 2.71. The van der Waals surface area contributed by atoms with Crippen LogP contribution in [0.25, 0.3) is 5.69 Å². The smallest absolute Gasteiger partial charge is 0.272 e. The van der Waals surface area contributed by atoms with E-state index in [0.717, 1.165) is 5.69 Å². The number of nitrogens with zero attached hydrogens (tertiary/aromatic N) is 3. The number of non-ortho nitro benzene ring substituents is 1. The van der Waals surface area contributed by atoms with Gasteiger partial charge in [0.2, 0.25) is 5.91 Å². The second-order valence-electron chi connectivity index (χ2n) is 6.92. The molecule has 2 heterocycles. The highest BCUT2D eigenvalue weighted by atomic mass is 32.2. The number of para-hydroxylation sites is 1. The fraction of sp³-hybridized carbons (Fsp3) is 0.190. The summed E-state index contributed by atoms with van der Waals surface area (Å²) in [5.41, 5.74) is 1.76. The highest BCUT2D eigenvalue weighted by Gasteiger charge is 2.27. The Kier molecular flexibility index (Phi) is 6.10. The third kappa shape index (κ3) is 4.64. The predicted octanol–water partition coefficient (Wildman–Crippen LogP) is 3.91. The van der Waals surface area contributed by atoms with Gasteiger partial charge in [0.1, 0.15) is 0 Å². The molecule has 0 aliphatic carbocycles. The molecule has 0 fully saturated rings. The van der Waals surface area contributed by atoms with Crippen LogP contribution >= 0.6 is 23.5 Å². The van der Waals surface area contributed by atoms with Gasteiger partial charge in [-0.1, -0.05) is 36.9 Å². The Balaban J connectivity index is 1.56. The number of hydrogen-bond donors (Lipinski definition) is 1. The molecule has 1 aliphatic heterocycles. The summed E-state index contributed by atoms with van der Waals surface area (Å²) in [4.78, 5) is 41.2. The summed E-state index contributed by atoms with van der Waals surface area (Å²) in [7, 11) is 0. The maximum absolute atomic E-state index is 13.2. The number of nitro benzene ring substituents is 1. The Morgan fingerprint density at radius 2 is 1.97 bits per heavy atom. The van der Waals surface area contributed by atoms with Gasteiger partial charge in [-0.15, -0.1) is 11.8 Å². The van der Waals surface area contributed by atoms with Crippen molar-refractivity contribution in [1.82, 2.24) is 9.55 Å². The van der Waals surface area contributed by atoms with Crippen molar-refractivity contribution in [1.29, 1.82) is 0 Å². The molecule has 0 saturated carbocycles. The SMILES string of the molecule is CC1Cc2nc(SCC(=O)Nc3ccc([N+](=O)[O-])cc3)n(-c3ccccc3)c(=O)c2S1. The molecule has 8 nitrogen and oxygen atoms in total. The van der Waals surface area contributed by atoms with Gasteiger partial charge in [0.05, 0.1) is 27.0 Å². The van der Waals surface area contributed by atoms with Crippen LogP contribution in [0.5, 0.6) is 0 Å². The quantitative estimate of drug-likeness (QED) is 0.260. The van der Waals surface area contributed by atoms with Crippen LogP contribution in [-0.2, 0) is 11.2 Å². The molecule has 0 saturated heterocycles. The van der Waals surface area contributed by atoms with Gasteiger partial charge >= 0.3 is 0 Å². The van der Waals surface area contributed by atoms with E-state index in [9.17, 15) is 19.7 Å². The number of carbonyl (C=O) groups excluding carboxylic acids is 1. The number of nitro groups is 1. The lowest BCUT2D eigenvalue weighted by Gasteiger charge is -2.13. The molecule has 31 heavy (non-hydrogen) atoms. The molecule has 1 aliphatic rings. The molecule has 1 atom stereocenters. The number of rotatable bonds is 6. The Bertz CT molecular complexity index is 1200. The lowest BCUT2D eigenvalue weighted by molar-refractivity contribution is -0.384. The molecular weight excluding hydrogens is 436 g/mol. The average Bonchev–Trinajstić information content (AvgIpc) is 3.14. The largest absolute Gasteiger partial charge is 0.325 e. The first-order chi connectivity index (χ1) is 14.9. The lowest BCUT2D eigenvalue weighted by atomic mass is 10.2. The summed E-state index contributed by atoms with van der Waals surface area (Å²) in [6.07, 6.45) is 0.716. The molecule has 2 aromatic carbocycles. The number of amides is 1. The second-order valence-corrected chi connectivity index (χ2v) is 9.31. The first-order valence-electron chi connectivity index (χ1n) is 9.47. The highest BCUT2D eigenvalue weighted by Crippen LogP contribution is 2.34. The molecular formula is C21H18N4O4S2. The minimum Gasteiger partial charge on any atom is -0.325 e. The summed E-state index contributed by atoms with van der Waals surface area (Å²) in [5.74, 6) is -0.256. The van der Waals surface area contributed by atoms with Crippen molar-refractivity contribution >= 4 is 40.8 Å². The second kappa shape index (κ2) is 8.94. The Labute approximate surface area is 186 Å². The number of thioether (sulfide) groups is 2. The van der Waals surface area contributed by atoms with E-state index in [1.165, 1.54) is 47.8 Å². The van der Waals surface area contributed by atoms with Crippen LogP contribution < -0.4 is 10.9 Å². The molecule has 3 aromatic rings. The summed E-state index contributed by atoms with van der Waals surface area (Å²) in [6, 6.07) is 14.9. The van der Waals surface area contributed by atoms with Crippen LogP contribution in [0.2, 0.25) is 0 Å². The minimum absolute atomic E-state index is 0.0394. The first-order valence-corrected chi connectivity index (χ1v) is 11.3. The fourth-order valence-electron chi connectivity index (χ4n) is 3.20. The fourth-order valence-corrected chi connectivity index (χ4v) is 5.12. The van der Waals surface area contributed by atoms with Crippen LogP contribution in [0.3, 0.4) is 0 Å². The zero-order valence-corrected chi connectivity index (χ0v) is 18.1. The van der Waals surface area contributed by atoms with Crippen molar-refractivity contribution in [3.8, 4) is 5.69 Å². The Morgan fingerprint density at radius 1 is 1.26 bits per heavy atom. The van der Waals surface area contributed by atoms with Crippen LogP contribution in [0, 0.1) is 10.1 Å². The molecule has 4 rings (SSSR count). The summed E-state index contributed by atoms with van der Waals surface area (Å²) < 4.78 is 1.55. The van der Waals surface area contributed by atoms with Gasteiger partial charge in [-0.3, -0.25) is 24.3 Å². The maximum atomic E-state index is 13.2. The molecule has 1 N–H and O–H groups in total. The van der Waals surface area contributed by atoms with Crippen LogP contribution in [0.15, 0.2) is 69.4 Å². The third-order valence-electron chi connectivity index (χ3n) is 4.59. The number of carbonyl (C=O) groups is 1. The van der Waals surface area contributed by atoms with Gasteiger partial charge in [0.15, 0.2) is 5.16 Å². The third-order valence-corrected chi connectivity index (χ3v) is 6.74. The maximum Gasteiger partial charge on any atom is 0.272 e. The minimum atomic E-state index is -0.497. The number of benzene rings is 2. The predicted molar refractivity (Wildman–Crippen MR) is 121 cm³/mol. The molecule has 1 unspecified atom stereocenters. The molecule has 0 spiro atoms. The molecule has 0 bridgehead atoms. The molecule has 0 radical (unpaired) electrons. The van der Waals surface area contributed by atoms with Gasteiger partial charge in [0.25, 0.3) is 11.2 Å². The van der Waals surface area contributed by atoms with E-state index in [1.807, 2.05) is 30.3 Å². The molecule has 1 amide bonds. The van der Waals surface area contributed by atoms with Gasteiger partial charge in [0, 0.05) is 29.5 Å². The number of fused-ring (bicyclic) bond motifs is 1. The number of anilines is 1. The summed E-state index contributed by atoms with van der Waals surface area (Å²) in [5, 5.41) is 14.2. The monoisotopic (exact) mass is 454 g/mol. The normalized spacial score (nSPS) is 14.8. The van der Waals surface area contributed by atoms with E-state index in [1.54, 1.807) is 4.57 Å². The van der Waals surface area contributed by atoms with E-state index in [2.05, 4.69) is 12.2 Å². The van der Waals surface area contributed by atoms with Gasteiger partial charge in [-0.25, -0.2) is 4.98 Å². The number of aromatic nitrogens is 2. The van der Waals surface area contributed by atoms with E-state index in [0.29, 0.717) is 27.8 Å². The van der Waals surface area contributed by atoms with Crippen LogP contribution in [-0.4, -0.2) is 31.4 Å². The zero-order chi connectivity index (χ0) is 22.0. The van der Waals surface area contributed by atoms with E-state index in [4.69, 9.17) is 4.98 Å². The zero-order valence-electron chi connectivity index (χ0n) is 16.5. The highest BCUT2D eigenvalue weighted by molar-refractivity contribution is 8.00. The standard InChI is InChI=1S/C21H18N4O4S2/c1-13-11-17-19(31-13)20(27)24(15-5-3-2-4-6-15)21(23-17)30-12-18(26)22-14-7-9-16(10-8-14)25(28)29/h2-10,13H,11-12H2,1H3,(H,22,26). The Morgan fingerprint density at radius 3 is 2.65 bits per heavy atom. The first kappa shape index (κ1) is 21.1. The van der Waals surface area contributed by atoms with Crippen molar-refractivity contribution in [2.24, 2.45) is 0 Å².